The van der Waals surface area contributed by atoms with Crippen LogP contribution in [0.5, 0.6) is 0 Å². The number of aryl methyl sites for hydroxylation is 1. The number of halogens is 1. The summed E-state index contributed by atoms with van der Waals surface area (Å²) in [4.78, 5) is 27.2. The largest absolute Gasteiger partial charge is 0.350 e. The Balaban J connectivity index is 1.63. The molecule has 7 heteroatoms. The number of hydrogen-bond acceptors (Lipinski definition) is 4. The standard InChI is InChI=1S/C21H27ClN4O2/c1-15-6-3-4-12-25(15)13-5-11-23-21(28)20-19(27)14-16(2)26(24-20)18-9-7-17(22)8-10-18/h7-10,14-15H,3-6,11-13H2,1-2H3,(H,23,28)/t15-/m0/s1. The molecule has 1 fully saturated rings. The zero-order valence-electron chi connectivity index (χ0n) is 16.4. The molecule has 150 valence electrons. The molecule has 6 nitrogen and oxygen atoms in total. The van der Waals surface area contributed by atoms with E-state index in [1.807, 2.05) is 0 Å². The fraction of sp³-hybridized carbons (Fsp3) is 0.476. The molecule has 1 aliphatic rings. The number of benzene rings is 1. The fourth-order valence-corrected chi connectivity index (χ4v) is 3.73. The number of likely N-dealkylation sites (tertiary alicyclic amines) is 1. The Bertz CT molecular complexity index is 879. The smallest absolute Gasteiger partial charge is 0.275 e. The van der Waals surface area contributed by atoms with Crippen LogP contribution in [0, 0.1) is 6.92 Å². The Morgan fingerprint density at radius 3 is 2.75 bits per heavy atom. The maximum absolute atomic E-state index is 12.5. The first-order valence-electron chi connectivity index (χ1n) is 9.85. The van der Waals surface area contributed by atoms with Crippen LogP contribution in [0.2, 0.25) is 5.02 Å². The van der Waals surface area contributed by atoms with E-state index in [1.54, 1.807) is 35.9 Å². The van der Waals surface area contributed by atoms with Crippen LogP contribution in [0.4, 0.5) is 0 Å². The predicted molar refractivity (Wildman–Crippen MR) is 111 cm³/mol. The summed E-state index contributed by atoms with van der Waals surface area (Å²) >= 11 is 5.93. The van der Waals surface area contributed by atoms with Crippen molar-refractivity contribution in [2.45, 2.75) is 45.6 Å². The van der Waals surface area contributed by atoms with Gasteiger partial charge in [-0.15, -0.1) is 0 Å². The highest BCUT2D eigenvalue weighted by atomic mass is 35.5. The van der Waals surface area contributed by atoms with Crippen molar-refractivity contribution in [3.63, 3.8) is 0 Å². The van der Waals surface area contributed by atoms with Crippen molar-refractivity contribution in [3.8, 4) is 5.69 Å². The second-order valence-corrected chi connectivity index (χ2v) is 7.81. The molecule has 1 amide bonds. The molecule has 0 bridgehead atoms. The van der Waals surface area contributed by atoms with Crippen molar-refractivity contribution in [2.75, 3.05) is 19.6 Å². The summed E-state index contributed by atoms with van der Waals surface area (Å²) in [5.74, 6) is -0.431. The summed E-state index contributed by atoms with van der Waals surface area (Å²) in [6, 6.07) is 9.14. The number of hydrogen-bond donors (Lipinski definition) is 1. The maximum Gasteiger partial charge on any atom is 0.275 e. The van der Waals surface area contributed by atoms with Gasteiger partial charge in [0.05, 0.1) is 5.69 Å². The van der Waals surface area contributed by atoms with Crippen molar-refractivity contribution >= 4 is 17.5 Å². The van der Waals surface area contributed by atoms with Gasteiger partial charge in [-0.3, -0.25) is 9.59 Å². The van der Waals surface area contributed by atoms with Gasteiger partial charge < -0.3 is 10.2 Å². The molecule has 1 atom stereocenters. The number of amides is 1. The number of aromatic nitrogens is 2. The molecular formula is C21H27ClN4O2. The summed E-state index contributed by atoms with van der Waals surface area (Å²) in [5.41, 5.74) is 0.940. The van der Waals surface area contributed by atoms with Gasteiger partial charge in [0.2, 0.25) is 5.43 Å². The Kier molecular flexibility index (Phi) is 6.86. The average molecular weight is 403 g/mol. The van der Waals surface area contributed by atoms with E-state index in [0.717, 1.165) is 25.2 Å². The van der Waals surface area contributed by atoms with Crippen LogP contribution in [0.1, 0.15) is 48.8 Å². The van der Waals surface area contributed by atoms with Crippen molar-refractivity contribution in [2.24, 2.45) is 0 Å². The molecule has 1 aromatic heterocycles. The summed E-state index contributed by atoms with van der Waals surface area (Å²) in [6.45, 7) is 6.65. The lowest BCUT2D eigenvalue weighted by Gasteiger charge is -2.33. The Morgan fingerprint density at radius 1 is 1.29 bits per heavy atom. The number of rotatable bonds is 6. The average Bonchev–Trinajstić information content (AvgIpc) is 2.67. The Labute approximate surface area is 170 Å². The molecule has 1 saturated heterocycles. The fourth-order valence-electron chi connectivity index (χ4n) is 3.61. The van der Waals surface area contributed by atoms with E-state index in [9.17, 15) is 9.59 Å². The lowest BCUT2D eigenvalue weighted by Crippen LogP contribution is -2.39. The summed E-state index contributed by atoms with van der Waals surface area (Å²) < 4.78 is 1.59. The van der Waals surface area contributed by atoms with Gasteiger partial charge in [0.1, 0.15) is 0 Å². The molecule has 0 aliphatic carbocycles. The Hall–Kier alpha value is -2.18. The highest BCUT2D eigenvalue weighted by molar-refractivity contribution is 6.30. The van der Waals surface area contributed by atoms with Crippen LogP contribution < -0.4 is 10.7 Å². The first-order chi connectivity index (χ1) is 13.5. The van der Waals surface area contributed by atoms with Crippen molar-refractivity contribution < 1.29 is 4.79 Å². The van der Waals surface area contributed by atoms with E-state index in [1.165, 1.54) is 25.3 Å². The maximum atomic E-state index is 12.5. The molecule has 28 heavy (non-hydrogen) atoms. The topological polar surface area (TPSA) is 67.2 Å². The summed E-state index contributed by atoms with van der Waals surface area (Å²) in [6.07, 6.45) is 4.64. The lowest BCUT2D eigenvalue weighted by molar-refractivity contribution is 0.0941. The van der Waals surface area contributed by atoms with Gasteiger partial charge in [0.25, 0.3) is 5.91 Å². The van der Waals surface area contributed by atoms with E-state index in [2.05, 4.69) is 22.2 Å². The Morgan fingerprint density at radius 2 is 2.04 bits per heavy atom. The minimum absolute atomic E-state index is 0.0908. The van der Waals surface area contributed by atoms with Crippen LogP contribution >= 0.6 is 11.6 Å². The highest BCUT2D eigenvalue weighted by Crippen LogP contribution is 2.16. The SMILES string of the molecule is Cc1cc(=O)c(C(=O)NCCCN2CCCC[C@@H]2C)nn1-c1ccc(Cl)cc1. The second kappa shape index (κ2) is 9.34. The normalized spacial score (nSPS) is 17.5. The predicted octanol–water partition coefficient (Wildman–Crippen LogP) is 3.19. The molecule has 0 saturated carbocycles. The zero-order valence-corrected chi connectivity index (χ0v) is 17.2. The minimum Gasteiger partial charge on any atom is -0.350 e. The molecule has 0 radical (unpaired) electrons. The van der Waals surface area contributed by atoms with Crippen LogP contribution in [0.25, 0.3) is 5.69 Å². The summed E-state index contributed by atoms with van der Waals surface area (Å²) in [7, 11) is 0. The first-order valence-corrected chi connectivity index (χ1v) is 10.2. The quantitative estimate of drug-likeness (QED) is 0.753. The summed E-state index contributed by atoms with van der Waals surface area (Å²) in [5, 5.41) is 7.74. The van der Waals surface area contributed by atoms with Gasteiger partial charge >= 0.3 is 0 Å². The number of carbonyl (C=O) groups excluding carboxylic acids is 1. The highest BCUT2D eigenvalue weighted by Gasteiger charge is 2.18. The molecule has 1 N–H and O–H groups in total. The van der Waals surface area contributed by atoms with E-state index in [0.29, 0.717) is 23.3 Å². The van der Waals surface area contributed by atoms with E-state index in [4.69, 9.17) is 11.6 Å². The number of nitrogens with one attached hydrogen (secondary N) is 1. The van der Waals surface area contributed by atoms with Crippen LogP contribution in [-0.4, -0.2) is 46.3 Å². The third kappa shape index (κ3) is 5.00. The number of nitrogens with zero attached hydrogens (tertiary/aromatic N) is 3. The molecule has 2 heterocycles. The van der Waals surface area contributed by atoms with Gasteiger partial charge in [-0.1, -0.05) is 18.0 Å². The van der Waals surface area contributed by atoms with Crippen LogP contribution in [0.3, 0.4) is 0 Å². The first kappa shape index (κ1) is 20.6. The van der Waals surface area contributed by atoms with Crippen molar-refractivity contribution in [1.82, 2.24) is 20.0 Å². The zero-order chi connectivity index (χ0) is 20.1. The molecule has 2 aromatic rings. The van der Waals surface area contributed by atoms with Gasteiger partial charge in [-0.25, -0.2) is 4.68 Å². The molecular weight excluding hydrogens is 376 g/mol. The number of piperidine rings is 1. The van der Waals surface area contributed by atoms with Gasteiger partial charge in [0, 0.05) is 35.9 Å². The second-order valence-electron chi connectivity index (χ2n) is 7.38. The lowest BCUT2D eigenvalue weighted by atomic mass is 10.0. The van der Waals surface area contributed by atoms with Crippen molar-refractivity contribution in [3.05, 3.63) is 57.0 Å². The molecule has 1 aliphatic heterocycles. The van der Waals surface area contributed by atoms with Gasteiger partial charge in [-0.2, -0.15) is 5.10 Å². The van der Waals surface area contributed by atoms with E-state index >= 15 is 0 Å². The van der Waals surface area contributed by atoms with Crippen molar-refractivity contribution in [1.29, 1.82) is 0 Å². The number of carbonyl (C=O) groups is 1. The molecule has 1 aromatic carbocycles. The van der Waals surface area contributed by atoms with Crippen LogP contribution in [-0.2, 0) is 0 Å². The monoisotopic (exact) mass is 402 g/mol. The third-order valence-corrected chi connectivity index (χ3v) is 5.49. The van der Waals surface area contributed by atoms with E-state index < -0.39 is 5.91 Å². The molecule has 0 spiro atoms. The van der Waals surface area contributed by atoms with Gasteiger partial charge in [0.15, 0.2) is 5.69 Å². The minimum atomic E-state index is -0.431. The third-order valence-electron chi connectivity index (χ3n) is 5.24. The van der Waals surface area contributed by atoms with Crippen LogP contribution in [0.15, 0.2) is 35.1 Å². The molecule has 3 rings (SSSR count). The molecule has 0 unspecified atom stereocenters. The van der Waals surface area contributed by atoms with Gasteiger partial charge in [-0.05, 0) is 63.9 Å². The van der Waals surface area contributed by atoms with E-state index in [-0.39, 0.29) is 11.1 Å².